The van der Waals surface area contributed by atoms with Crippen molar-refractivity contribution in [2.45, 2.75) is 0 Å². The van der Waals surface area contributed by atoms with Gasteiger partial charge in [0.2, 0.25) is 0 Å². The number of imidazole rings is 1. The molecule has 0 saturated carbocycles. The van der Waals surface area contributed by atoms with Crippen LogP contribution in [0.3, 0.4) is 0 Å². The molecule has 2 aromatic heterocycles. The van der Waals surface area contributed by atoms with Crippen LogP contribution in [0.1, 0.15) is 0 Å². The molecule has 4 N–H and O–H groups in total. The van der Waals surface area contributed by atoms with Gasteiger partial charge in [-0.05, 0) is 18.2 Å². The van der Waals surface area contributed by atoms with Crippen LogP contribution in [0, 0.1) is 0 Å². The second kappa shape index (κ2) is 3.99. The van der Waals surface area contributed by atoms with Crippen LogP contribution in [0.4, 0.5) is 5.82 Å². The van der Waals surface area contributed by atoms with Crippen molar-refractivity contribution in [3.8, 4) is 11.3 Å². The number of halogens is 1. The van der Waals surface area contributed by atoms with E-state index in [2.05, 4.69) is 25.9 Å². The van der Waals surface area contributed by atoms with Crippen molar-refractivity contribution in [2.24, 2.45) is 0 Å². The number of hydrogen-bond acceptors (Lipinski definition) is 4. The Kier molecular flexibility index (Phi) is 2.45. The topological polar surface area (TPSA) is 82.8 Å². The van der Waals surface area contributed by atoms with Crippen LogP contribution >= 0.6 is 15.9 Å². The average molecular weight is 304 g/mol. The molecule has 0 saturated heterocycles. The highest BCUT2D eigenvalue weighted by atomic mass is 79.9. The fraction of sp³-hybridized carbons (Fsp3) is 0. The number of rotatable bonds is 1. The number of anilines is 1. The van der Waals surface area contributed by atoms with Gasteiger partial charge in [-0.15, -0.1) is 0 Å². The maximum atomic E-state index is 5.90. The molecule has 1 aromatic carbocycles. The molecule has 0 amide bonds. The number of nitrogens with two attached hydrogens (primary N) is 2. The highest BCUT2D eigenvalue weighted by molar-refractivity contribution is 9.10. The largest absolute Gasteiger partial charge is 0.382 e. The number of aromatic nitrogens is 3. The molecular formula is C12H10BrN5. The maximum Gasteiger partial charge on any atom is 0.150 e. The molecule has 0 aliphatic heterocycles. The van der Waals surface area contributed by atoms with Crippen molar-refractivity contribution in [1.82, 2.24) is 14.6 Å². The van der Waals surface area contributed by atoms with Gasteiger partial charge < -0.3 is 11.6 Å². The number of pyridine rings is 1. The molecule has 0 aliphatic rings. The van der Waals surface area contributed by atoms with E-state index in [1.807, 2.05) is 24.3 Å². The number of fused-ring (bicyclic) bond motifs is 1. The van der Waals surface area contributed by atoms with Gasteiger partial charge >= 0.3 is 0 Å². The predicted molar refractivity (Wildman–Crippen MR) is 75.2 cm³/mol. The van der Waals surface area contributed by atoms with Crippen LogP contribution in [0.25, 0.3) is 22.2 Å². The summed E-state index contributed by atoms with van der Waals surface area (Å²) in [5, 5.41) is 1.01. The lowest BCUT2D eigenvalue weighted by Gasteiger charge is -2.06. The number of nitrogen functional groups attached to an aromatic ring is 2. The molecule has 90 valence electrons. The van der Waals surface area contributed by atoms with Gasteiger partial charge in [-0.1, -0.05) is 22.0 Å². The van der Waals surface area contributed by atoms with Crippen LogP contribution in [0.2, 0.25) is 0 Å². The normalized spacial score (nSPS) is 10.9. The summed E-state index contributed by atoms with van der Waals surface area (Å²) in [4.78, 5) is 8.62. The van der Waals surface area contributed by atoms with Crippen molar-refractivity contribution in [2.75, 3.05) is 11.6 Å². The first-order valence-electron chi connectivity index (χ1n) is 5.30. The zero-order chi connectivity index (χ0) is 12.7. The molecule has 0 fully saturated rings. The third kappa shape index (κ3) is 1.53. The summed E-state index contributed by atoms with van der Waals surface area (Å²) in [6.07, 6.45) is 3.23. The fourth-order valence-corrected chi connectivity index (χ4v) is 2.36. The molecule has 0 spiro atoms. The predicted octanol–water partition coefficient (Wildman–Crippen LogP) is 2.16. The minimum atomic E-state index is 0.421. The lowest BCUT2D eigenvalue weighted by molar-refractivity contribution is 1.01. The Morgan fingerprint density at radius 3 is 2.72 bits per heavy atom. The van der Waals surface area contributed by atoms with Crippen LogP contribution in [-0.2, 0) is 0 Å². The van der Waals surface area contributed by atoms with E-state index >= 15 is 0 Å². The lowest BCUT2D eigenvalue weighted by atomic mass is 10.1. The van der Waals surface area contributed by atoms with Crippen molar-refractivity contribution in [3.63, 3.8) is 0 Å². The molecule has 0 unspecified atom stereocenters. The summed E-state index contributed by atoms with van der Waals surface area (Å²) in [6.45, 7) is 0. The monoisotopic (exact) mass is 303 g/mol. The number of benzene rings is 1. The van der Waals surface area contributed by atoms with Gasteiger partial charge in [0.05, 0.1) is 5.52 Å². The van der Waals surface area contributed by atoms with Crippen LogP contribution in [0.5, 0.6) is 0 Å². The first-order valence-corrected chi connectivity index (χ1v) is 6.09. The summed E-state index contributed by atoms with van der Waals surface area (Å²) in [5.41, 5.74) is 8.26. The quantitative estimate of drug-likeness (QED) is 0.675. The van der Waals surface area contributed by atoms with E-state index in [0.29, 0.717) is 11.5 Å². The molecule has 0 bridgehead atoms. The molecule has 3 rings (SSSR count). The first-order chi connectivity index (χ1) is 8.68. The average Bonchev–Trinajstić information content (AvgIpc) is 2.71. The Labute approximate surface area is 112 Å². The van der Waals surface area contributed by atoms with Crippen molar-refractivity contribution in [3.05, 3.63) is 41.3 Å². The number of hydrogen-bond donors (Lipinski definition) is 2. The molecule has 0 aliphatic carbocycles. The summed E-state index contributed by atoms with van der Waals surface area (Å²) in [5.74, 6) is 6.07. The first kappa shape index (κ1) is 11.0. The van der Waals surface area contributed by atoms with Crippen LogP contribution in [-0.4, -0.2) is 14.6 Å². The van der Waals surface area contributed by atoms with Gasteiger partial charge in [0.1, 0.15) is 12.0 Å². The molecule has 0 atom stereocenters. The molecule has 0 radical (unpaired) electrons. The van der Waals surface area contributed by atoms with E-state index in [1.54, 1.807) is 6.20 Å². The van der Waals surface area contributed by atoms with Gasteiger partial charge in [0, 0.05) is 21.6 Å². The molecule has 5 nitrogen and oxygen atoms in total. The van der Waals surface area contributed by atoms with Gasteiger partial charge in [0.25, 0.3) is 0 Å². The lowest BCUT2D eigenvalue weighted by Crippen LogP contribution is -2.10. The smallest absolute Gasteiger partial charge is 0.150 e. The summed E-state index contributed by atoms with van der Waals surface area (Å²) in [6, 6.07) is 7.76. The van der Waals surface area contributed by atoms with Crippen molar-refractivity contribution in [1.29, 1.82) is 0 Å². The van der Waals surface area contributed by atoms with Crippen molar-refractivity contribution >= 4 is 32.7 Å². The second-order valence-corrected chi connectivity index (χ2v) is 4.73. The molecule has 3 aromatic rings. The van der Waals surface area contributed by atoms with Gasteiger partial charge in [0.15, 0.2) is 5.82 Å². The molecule has 18 heavy (non-hydrogen) atoms. The van der Waals surface area contributed by atoms with Gasteiger partial charge in [-0.2, -0.15) is 0 Å². The maximum absolute atomic E-state index is 5.90. The zero-order valence-corrected chi connectivity index (χ0v) is 10.9. The van der Waals surface area contributed by atoms with Gasteiger partial charge in [-0.25, -0.2) is 9.66 Å². The fourth-order valence-electron chi connectivity index (χ4n) is 1.91. The Morgan fingerprint density at radius 1 is 1.17 bits per heavy atom. The standard InChI is InChI=1S/C12H10BrN5/c13-9-4-3-8(10-7(9)2-1-5-16-10)11-12(14)18(15)6-17-11/h1-6H,14-15H2. The minimum Gasteiger partial charge on any atom is -0.382 e. The Hall–Kier alpha value is -2.08. The van der Waals surface area contributed by atoms with E-state index in [1.165, 1.54) is 11.0 Å². The molecular weight excluding hydrogens is 294 g/mol. The Bertz CT molecular complexity index is 734. The summed E-state index contributed by atoms with van der Waals surface area (Å²) in [7, 11) is 0. The highest BCUT2D eigenvalue weighted by Crippen LogP contribution is 2.33. The van der Waals surface area contributed by atoms with Crippen LogP contribution in [0.15, 0.2) is 41.3 Å². The van der Waals surface area contributed by atoms with E-state index in [9.17, 15) is 0 Å². The van der Waals surface area contributed by atoms with Crippen molar-refractivity contribution < 1.29 is 0 Å². The summed E-state index contributed by atoms with van der Waals surface area (Å²) < 4.78 is 2.28. The molecule has 6 heteroatoms. The van der Waals surface area contributed by atoms with Gasteiger partial charge in [-0.3, -0.25) is 4.98 Å². The Balaban J connectivity index is 2.37. The van der Waals surface area contributed by atoms with Crippen LogP contribution < -0.4 is 11.6 Å². The van der Waals surface area contributed by atoms with E-state index in [-0.39, 0.29) is 0 Å². The SMILES string of the molecule is Nc1c(-c2ccc(Br)c3cccnc23)ncn1N. The molecule has 2 heterocycles. The van der Waals surface area contributed by atoms with E-state index in [4.69, 9.17) is 11.6 Å². The zero-order valence-electron chi connectivity index (χ0n) is 9.34. The minimum absolute atomic E-state index is 0.421. The number of nitrogens with zero attached hydrogens (tertiary/aromatic N) is 3. The highest BCUT2D eigenvalue weighted by Gasteiger charge is 2.13. The Morgan fingerprint density at radius 2 is 2.00 bits per heavy atom. The third-order valence-corrected chi connectivity index (χ3v) is 3.50. The van der Waals surface area contributed by atoms with E-state index in [0.717, 1.165) is 20.9 Å². The second-order valence-electron chi connectivity index (χ2n) is 3.88. The summed E-state index contributed by atoms with van der Waals surface area (Å²) >= 11 is 3.51. The van der Waals surface area contributed by atoms with E-state index < -0.39 is 0 Å². The third-order valence-electron chi connectivity index (χ3n) is 2.80.